The van der Waals surface area contributed by atoms with Gasteiger partial charge in [-0.2, -0.15) is 0 Å². The van der Waals surface area contributed by atoms with E-state index in [1.54, 1.807) is 44.4 Å². The SMILES string of the molecule is COc1ccc(NC(=S)Nc2cccc(CSc3cnccc3N)c2)cc1OC. The fourth-order valence-corrected chi connectivity index (χ4v) is 3.73. The Hall–Kier alpha value is -2.97. The molecule has 8 heteroatoms. The lowest BCUT2D eigenvalue weighted by Gasteiger charge is -2.14. The van der Waals surface area contributed by atoms with Crippen molar-refractivity contribution in [2.75, 3.05) is 30.6 Å². The van der Waals surface area contributed by atoms with E-state index in [1.807, 2.05) is 30.3 Å². The van der Waals surface area contributed by atoms with Crippen molar-refractivity contribution in [1.29, 1.82) is 0 Å². The molecule has 0 saturated carbocycles. The van der Waals surface area contributed by atoms with Crippen LogP contribution in [0.25, 0.3) is 0 Å². The monoisotopic (exact) mass is 426 g/mol. The normalized spacial score (nSPS) is 10.3. The maximum atomic E-state index is 5.98. The second kappa shape index (κ2) is 9.99. The summed E-state index contributed by atoms with van der Waals surface area (Å²) < 4.78 is 10.6. The van der Waals surface area contributed by atoms with Gasteiger partial charge in [0.15, 0.2) is 16.6 Å². The summed E-state index contributed by atoms with van der Waals surface area (Å²) in [6, 6.07) is 15.4. The fourth-order valence-electron chi connectivity index (χ4n) is 2.62. The number of nitrogens with one attached hydrogen (secondary N) is 2. The van der Waals surface area contributed by atoms with E-state index in [4.69, 9.17) is 27.4 Å². The second-order valence-corrected chi connectivity index (χ2v) is 7.48. The van der Waals surface area contributed by atoms with E-state index in [1.165, 1.54) is 0 Å². The number of thiocarbonyl (C=S) groups is 1. The smallest absolute Gasteiger partial charge is 0.175 e. The van der Waals surface area contributed by atoms with Gasteiger partial charge in [0.2, 0.25) is 0 Å². The maximum Gasteiger partial charge on any atom is 0.175 e. The molecule has 1 aromatic heterocycles. The van der Waals surface area contributed by atoms with Crippen LogP contribution in [0.2, 0.25) is 0 Å². The van der Waals surface area contributed by atoms with E-state index in [-0.39, 0.29) is 0 Å². The number of hydrogen-bond acceptors (Lipinski definition) is 6. The Balaban J connectivity index is 1.61. The highest BCUT2D eigenvalue weighted by molar-refractivity contribution is 7.98. The first-order valence-electron chi connectivity index (χ1n) is 8.80. The van der Waals surface area contributed by atoms with Crippen molar-refractivity contribution < 1.29 is 9.47 Å². The Bertz CT molecular complexity index is 998. The van der Waals surface area contributed by atoms with Crippen LogP contribution < -0.4 is 25.8 Å². The zero-order valence-electron chi connectivity index (χ0n) is 16.1. The standard InChI is InChI=1S/C21H22N4O2S2/c1-26-18-7-6-16(11-19(18)27-2)25-21(28)24-15-5-3-4-14(10-15)13-29-20-12-23-9-8-17(20)22/h3-12H,13H2,1-2H3,(H2,22,23)(H2,24,25,28). The summed E-state index contributed by atoms with van der Waals surface area (Å²) in [5.41, 5.74) is 9.57. The summed E-state index contributed by atoms with van der Waals surface area (Å²) in [6.07, 6.45) is 3.47. The van der Waals surface area contributed by atoms with Gasteiger partial charge in [-0.3, -0.25) is 4.98 Å². The van der Waals surface area contributed by atoms with Gasteiger partial charge in [0.05, 0.1) is 14.2 Å². The molecule has 0 aliphatic heterocycles. The molecule has 0 fully saturated rings. The molecule has 0 atom stereocenters. The largest absolute Gasteiger partial charge is 0.493 e. The van der Waals surface area contributed by atoms with E-state index in [0.717, 1.165) is 33.3 Å². The summed E-state index contributed by atoms with van der Waals surface area (Å²) in [5, 5.41) is 6.85. The van der Waals surface area contributed by atoms with Gasteiger partial charge >= 0.3 is 0 Å². The second-order valence-electron chi connectivity index (χ2n) is 6.05. The maximum absolute atomic E-state index is 5.98. The molecule has 29 heavy (non-hydrogen) atoms. The molecule has 2 aromatic carbocycles. The van der Waals surface area contributed by atoms with Crippen LogP contribution in [0.3, 0.4) is 0 Å². The first kappa shape index (κ1) is 20.8. The molecular weight excluding hydrogens is 404 g/mol. The van der Waals surface area contributed by atoms with Crippen molar-refractivity contribution >= 4 is 46.2 Å². The third kappa shape index (κ3) is 5.75. The number of methoxy groups -OCH3 is 2. The van der Waals surface area contributed by atoms with Crippen LogP contribution in [0.4, 0.5) is 17.1 Å². The molecule has 0 aliphatic rings. The predicted molar refractivity (Wildman–Crippen MR) is 124 cm³/mol. The van der Waals surface area contributed by atoms with Crippen molar-refractivity contribution in [3.05, 3.63) is 66.5 Å². The topological polar surface area (TPSA) is 81.4 Å². The van der Waals surface area contributed by atoms with Crippen LogP contribution in [0, 0.1) is 0 Å². The minimum absolute atomic E-state index is 0.485. The number of hydrogen-bond donors (Lipinski definition) is 3. The van der Waals surface area contributed by atoms with Crippen molar-refractivity contribution in [3.63, 3.8) is 0 Å². The number of nitrogens with two attached hydrogens (primary N) is 1. The van der Waals surface area contributed by atoms with E-state index in [0.29, 0.717) is 16.6 Å². The quantitative estimate of drug-likeness (QED) is 0.368. The molecule has 0 saturated heterocycles. The van der Waals surface area contributed by atoms with E-state index in [9.17, 15) is 0 Å². The third-order valence-corrected chi connectivity index (χ3v) is 5.37. The van der Waals surface area contributed by atoms with Crippen molar-refractivity contribution in [1.82, 2.24) is 4.98 Å². The lowest BCUT2D eigenvalue weighted by atomic mass is 10.2. The lowest BCUT2D eigenvalue weighted by Crippen LogP contribution is -2.19. The van der Waals surface area contributed by atoms with Crippen LogP contribution in [0.5, 0.6) is 11.5 Å². The van der Waals surface area contributed by atoms with E-state index in [2.05, 4.69) is 27.8 Å². The highest BCUT2D eigenvalue weighted by atomic mass is 32.2. The molecule has 0 radical (unpaired) electrons. The van der Waals surface area contributed by atoms with Crippen LogP contribution in [0.15, 0.2) is 65.8 Å². The van der Waals surface area contributed by atoms with Crippen LogP contribution in [0.1, 0.15) is 5.56 Å². The number of ether oxygens (including phenoxy) is 2. The summed E-state index contributed by atoms with van der Waals surface area (Å²) in [4.78, 5) is 5.09. The van der Waals surface area contributed by atoms with Crippen molar-refractivity contribution in [2.24, 2.45) is 0 Å². The molecule has 4 N–H and O–H groups in total. The third-order valence-electron chi connectivity index (χ3n) is 4.04. The van der Waals surface area contributed by atoms with Gasteiger partial charge in [0.1, 0.15) is 0 Å². The molecule has 6 nitrogen and oxygen atoms in total. The van der Waals surface area contributed by atoms with Gasteiger partial charge in [-0.15, -0.1) is 11.8 Å². The Labute approximate surface area is 179 Å². The summed E-state index contributed by atoms with van der Waals surface area (Å²) in [5.74, 6) is 2.08. The van der Waals surface area contributed by atoms with Gasteiger partial charge < -0.3 is 25.8 Å². The number of aromatic nitrogens is 1. The molecule has 150 valence electrons. The first-order valence-corrected chi connectivity index (χ1v) is 10.2. The first-order chi connectivity index (χ1) is 14.1. The molecule has 1 heterocycles. The number of thioether (sulfide) groups is 1. The summed E-state index contributed by atoms with van der Waals surface area (Å²) >= 11 is 7.08. The van der Waals surface area contributed by atoms with Crippen LogP contribution in [-0.4, -0.2) is 24.3 Å². The van der Waals surface area contributed by atoms with Crippen molar-refractivity contribution in [3.8, 4) is 11.5 Å². The Morgan fingerprint density at radius 1 is 1.03 bits per heavy atom. The van der Waals surface area contributed by atoms with E-state index >= 15 is 0 Å². The summed E-state index contributed by atoms with van der Waals surface area (Å²) in [6.45, 7) is 0. The zero-order chi connectivity index (χ0) is 20.6. The molecule has 0 amide bonds. The lowest BCUT2D eigenvalue weighted by molar-refractivity contribution is 0.355. The Morgan fingerprint density at radius 3 is 2.52 bits per heavy atom. The average molecular weight is 427 g/mol. The Kier molecular flexibility index (Phi) is 7.15. The van der Waals surface area contributed by atoms with Gasteiger partial charge in [-0.1, -0.05) is 12.1 Å². The van der Waals surface area contributed by atoms with Gasteiger partial charge in [-0.05, 0) is 48.1 Å². The number of benzene rings is 2. The van der Waals surface area contributed by atoms with E-state index < -0.39 is 0 Å². The molecule has 0 unspecified atom stereocenters. The number of rotatable bonds is 7. The molecule has 0 spiro atoms. The molecule has 0 bridgehead atoms. The van der Waals surface area contributed by atoms with Crippen molar-refractivity contribution in [2.45, 2.75) is 10.6 Å². The Morgan fingerprint density at radius 2 is 1.79 bits per heavy atom. The number of pyridine rings is 1. The molecule has 0 aliphatic carbocycles. The highest BCUT2D eigenvalue weighted by Crippen LogP contribution is 2.30. The average Bonchev–Trinajstić information content (AvgIpc) is 2.73. The van der Waals surface area contributed by atoms with Crippen LogP contribution in [-0.2, 0) is 5.75 Å². The number of nitrogens with zero attached hydrogens (tertiary/aromatic N) is 1. The predicted octanol–water partition coefficient (Wildman–Crippen LogP) is 4.78. The molecule has 3 aromatic rings. The fraction of sp³-hybridized carbons (Fsp3) is 0.143. The minimum atomic E-state index is 0.485. The van der Waals surface area contributed by atoms with Gasteiger partial charge in [0, 0.05) is 46.2 Å². The number of anilines is 3. The molecular formula is C21H22N4O2S2. The van der Waals surface area contributed by atoms with Gasteiger partial charge in [-0.25, -0.2) is 0 Å². The van der Waals surface area contributed by atoms with Crippen LogP contribution >= 0.6 is 24.0 Å². The highest BCUT2D eigenvalue weighted by Gasteiger charge is 2.07. The molecule has 3 rings (SSSR count). The zero-order valence-corrected chi connectivity index (χ0v) is 17.8. The summed E-state index contributed by atoms with van der Waals surface area (Å²) in [7, 11) is 3.20. The van der Waals surface area contributed by atoms with Gasteiger partial charge in [0.25, 0.3) is 0 Å². The number of nitrogen functional groups attached to an aromatic ring is 1. The minimum Gasteiger partial charge on any atom is -0.493 e.